The highest BCUT2D eigenvalue weighted by Crippen LogP contribution is 2.17. The van der Waals surface area contributed by atoms with Gasteiger partial charge in [-0.3, -0.25) is 19.0 Å². The molecule has 4 rings (SSSR count). The van der Waals surface area contributed by atoms with Crippen LogP contribution in [0.25, 0.3) is 16.6 Å². The summed E-state index contributed by atoms with van der Waals surface area (Å²) in [7, 11) is 0. The Morgan fingerprint density at radius 3 is 2.21 bits per heavy atom. The minimum Gasteiger partial charge on any atom is -0.356 e. The van der Waals surface area contributed by atoms with E-state index in [9.17, 15) is 19.2 Å². The molecule has 8 nitrogen and oxygen atoms in total. The monoisotopic (exact) mass is 512 g/mol. The number of nitrogens with one attached hydrogen (secondary N) is 2. The van der Waals surface area contributed by atoms with Crippen molar-refractivity contribution < 1.29 is 9.59 Å². The molecule has 0 aliphatic rings. The number of benzene rings is 3. The van der Waals surface area contributed by atoms with Gasteiger partial charge in [-0.05, 0) is 59.9 Å². The first kappa shape index (κ1) is 26.6. The van der Waals surface area contributed by atoms with Gasteiger partial charge in [0.2, 0.25) is 11.8 Å². The molecular weight excluding hydrogens is 480 g/mol. The third-order valence-electron chi connectivity index (χ3n) is 6.34. The number of fused-ring (bicyclic) bond motifs is 1. The van der Waals surface area contributed by atoms with E-state index in [-0.39, 0.29) is 24.8 Å². The number of hydrogen-bond acceptors (Lipinski definition) is 4. The maximum atomic E-state index is 13.6. The van der Waals surface area contributed by atoms with Crippen LogP contribution in [-0.4, -0.2) is 27.5 Å². The first-order valence-corrected chi connectivity index (χ1v) is 12.8. The van der Waals surface area contributed by atoms with Crippen molar-refractivity contribution in [1.82, 2.24) is 14.5 Å². The molecule has 0 aliphatic heterocycles. The highest BCUT2D eigenvalue weighted by molar-refractivity contribution is 5.91. The Bertz CT molecular complexity index is 1570. The van der Waals surface area contributed by atoms with Crippen LogP contribution in [-0.2, 0) is 22.6 Å². The zero-order valence-corrected chi connectivity index (χ0v) is 21.9. The maximum absolute atomic E-state index is 13.6. The molecule has 0 bridgehead atoms. The fourth-order valence-electron chi connectivity index (χ4n) is 4.27. The maximum Gasteiger partial charge on any atom is 0.336 e. The average Bonchev–Trinajstić information content (AvgIpc) is 2.91. The fraction of sp³-hybridized carbons (Fsp3) is 0.267. The van der Waals surface area contributed by atoms with Gasteiger partial charge in [-0.25, -0.2) is 9.36 Å². The van der Waals surface area contributed by atoms with Gasteiger partial charge in [-0.1, -0.05) is 57.2 Å². The first-order chi connectivity index (χ1) is 18.3. The van der Waals surface area contributed by atoms with Crippen molar-refractivity contribution in [1.29, 1.82) is 0 Å². The van der Waals surface area contributed by atoms with E-state index in [2.05, 4.69) is 24.5 Å². The van der Waals surface area contributed by atoms with E-state index >= 15 is 0 Å². The number of amides is 2. The highest BCUT2D eigenvalue weighted by Gasteiger charge is 2.17. The van der Waals surface area contributed by atoms with E-state index in [0.717, 1.165) is 22.1 Å². The number of aromatic nitrogens is 2. The van der Waals surface area contributed by atoms with Crippen LogP contribution in [0, 0.1) is 0 Å². The lowest BCUT2D eigenvalue weighted by atomic mass is 10.0. The number of carbonyl (C=O) groups excluding carboxylic acids is 2. The lowest BCUT2D eigenvalue weighted by molar-refractivity contribution is -0.120. The molecule has 0 fully saturated rings. The van der Waals surface area contributed by atoms with Gasteiger partial charge in [0.25, 0.3) is 5.56 Å². The first-order valence-electron chi connectivity index (χ1n) is 12.8. The van der Waals surface area contributed by atoms with Crippen molar-refractivity contribution in [2.75, 3.05) is 11.9 Å². The van der Waals surface area contributed by atoms with Crippen LogP contribution >= 0.6 is 0 Å². The molecule has 8 heteroatoms. The van der Waals surface area contributed by atoms with Crippen molar-refractivity contribution in [3.8, 4) is 5.69 Å². The molecule has 196 valence electrons. The summed E-state index contributed by atoms with van der Waals surface area (Å²) in [6.07, 6.45) is 1.06. The second-order valence-electron chi connectivity index (χ2n) is 9.54. The third kappa shape index (κ3) is 5.91. The minimum absolute atomic E-state index is 0.0883. The molecule has 0 saturated carbocycles. The molecule has 2 amide bonds. The molecule has 0 radical (unpaired) electrons. The molecule has 3 aromatic carbocycles. The molecular formula is C30H32N4O4. The molecule has 2 N–H and O–H groups in total. The van der Waals surface area contributed by atoms with E-state index in [1.807, 2.05) is 31.2 Å². The van der Waals surface area contributed by atoms with Gasteiger partial charge in [0.05, 0.1) is 23.0 Å². The summed E-state index contributed by atoms with van der Waals surface area (Å²) in [5.74, 6) is -0.0964. The van der Waals surface area contributed by atoms with Crippen molar-refractivity contribution >= 4 is 28.4 Å². The molecule has 0 saturated heterocycles. The summed E-state index contributed by atoms with van der Waals surface area (Å²) >= 11 is 0. The lowest BCUT2D eigenvalue weighted by Crippen LogP contribution is -2.40. The van der Waals surface area contributed by atoms with Crippen LogP contribution in [0.3, 0.4) is 0 Å². The molecule has 0 aliphatic carbocycles. The number of para-hydroxylation sites is 1. The molecule has 0 unspecified atom stereocenters. The summed E-state index contributed by atoms with van der Waals surface area (Å²) in [6, 6.07) is 21.0. The van der Waals surface area contributed by atoms with E-state index in [1.54, 1.807) is 48.5 Å². The van der Waals surface area contributed by atoms with Crippen LogP contribution in [0.2, 0.25) is 0 Å². The molecule has 1 heterocycles. The Morgan fingerprint density at radius 2 is 1.55 bits per heavy atom. The van der Waals surface area contributed by atoms with Gasteiger partial charge in [0, 0.05) is 12.2 Å². The third-order valence-corrected chi connectivity index (χ3v) is 6.34. The van der Waals surface area contributed by atoms with E-state index in [4.69, 9.17) is 0 Å². The summed E-state index contributed by atoms with van der Waals surface area (Å²) in [4.78, 5) is 51.9. The highest BCUT2D eigenvalue weighted by atomic mass is 16.2. The van der Waals surface area contributed by atoms with Gasteiger partial charge in [-0.15, -0.1) is 0 Å². The van der Waals surface area contributed by atoms with E-state index in [0.29, 0.717) is 34.7 Å². The van der Waals surface area contributed by atoms with Crippen molar-refractivity contribution in [2.24, 2.45) is 0 Å². The molecule has 38 heavy (non-hydrogen) atoms. The van der Waals surface area contributed by atoms with Crippen LogP contribution in [0.5, 0.6) is 0 Å². The van der Waals surface area contributed by atoms with Crippen LogP contribution in [0.15, 0.2) is 82.4 Å². The van der Waals surface area contributed by atoms with Gasteiger partial charge in [0.1, 0.15) is 6.54 Å². The van der Waals surface area contributed by atoms with Gasteiger partial charge < -0.3 is 10.6 Å². The smallest absolute Gasteiger partial charge is 0.336 e. The van der Waals surface area contributed by atoms with Gasteiger partial charge in [-0.2, -0.15) is 0 Å². The zero-order valence-electron chi connectivity index (χ0n) is 21.9. The summed E-state index contributed by atoms with van der Waals surface area (Å²) in [5, 5.41) is 5.99. The second kappa shape index (κ2) is 11.7. The summed E-state index contributed by atoms with van der Waals surface area (Å²) < 4.78 is 2.37. The largest absolute Gasteiger partial charge is 0.356 e. The summed E-state index contributed by atoms with van der Waals surface area (Å²) in [5.41, 5.74) is 2.20. The second-order valence-corrected chi connectivity index (χ2v) is 9.54. The average molecular weight is 513 g/mol. The predicted octanol–water partition coefficient (Wildman–Crippen LogP) is 3.98. The van der Waals surface area contributed by atoms with Crippen molar-refractivity contribution in [3.63, 3.8) is 0 Å². The Balaban J connectivity index is 1.65. The molecule has 0 atom stereocenters. The molecule has 1 aromatic heterocycles. The van der Waals surface area contributed by atoms with Gasteiger partial charge >= 0.3 is 5.69 Å². The minimum atomic E-state index is -0.618. The topological polar surface area (TPSA) is 102 Å². The van der Waals surface area contributed by atoms with Crippen LogP contribution < -0.4 is 21.9 Å². The predicted molar refractivity (Wildman–Crippen MR) is 150 cm³/mol. The standard InChI is InChI=1S/C30H32N4O4/c1-4-17-31-27(35)18-21-9-15-24(16-10-21)34-29(37)25-7-5-6-8-26(25)33(30(34)38)19-28(36)32-23-13-11-22(12-14-23)20(2)3/h5-16,20H,4,17-19H2,1-3H3,(H,31,35)(H,32,36). The quantitative estimate of drug-likeness (QED) is 0.354. The Morgan fingerprint density at radius 1 is 0.868 bits per heavy atom. The van der Waals surface area contributed by atoms with E-state index in [1.165, 1.54) is 4.57 Å². The Hall–Kier alpha value is -4.46. The Labute approximate surface area is 220 Å². The molecule has 0 spiro atoms. The number of hydrogen-bond donors (Lipinski definition) is 2. The lowest BCUT2D eigenvalue weighted by Gasteiger charge is -2.15. The number of rotatable bonds is 9. The number of nitrogens with zero attached hydrogens (tertiary/aromatic N) is 2. The summed E-state index contributed by atoms with van der Waals surface area (Å²) in [6.45, 7) is 6.52. The van der Waals surface area contributed by atoms with Crippen LogP contribution in [0.4, 0.5) is 5.69 Å². The number of carbonyl (C=O) groups is 2. The number of anilines is 1. The fourth-order valence-corrected chi connectivity index (χ4v) is 4.27. The van der Waals surface area contributed by atoms with Gasteiger partial charge in [0.15, 0.2) is 0 Å². The van der Waals surface area contributed by atoms with Crippen molar-refractivity contribution in [2.45, 2.75) is 46.1 Å². The molecule has 4 aromatic rings. The zero-order chi connectivity index (χ0) is 27.2. The normalized spacial score (nSPS) is 11.1. The Kier molecular flexibility index (Phi) is 8.21. The van der Waals surface area contributed by atoms with Crippen molar-refractivity contribution in [3.05, 3.63) is 105 Å². The van der Waals surface area contributed by atoms with Crippen LogP contribution in [0.1, 0.15) is 44.2 Å². The van der Waals surface area contributed by atoms with E-state index < -0.39 is 11.2 Å². The SMILES string of the molecule is CCCNC(=O)Cc1ccc(-n2c(=O)c3ccccc3n(CC(=O)Nc3ccc(C(C)C)cc3)c2=O)cc1.